The van der Waals surface area contributed by atoms with Crippen molar-refractivity contribution in [3.63, 3.8) is 0 Å². The molecule has 1 aliphatic heterocycles. The third kappa shape index (κ3) is 3.51. The lowest BCUT2D eigenvalue weighted by molar-refractivity contribution is 0.0358. The van der Waals surface area contributed by atoms with Crippen LogP contribution in [-0.4, -0.2) is 13.2 Å². The highest BCUT2D eigenvalue weighted by Gasteiger charge is 2.33. The van der Waals surface area contributed by atoms with Gasteiger partial charge in [0.15, 0.2) is 0 Å². The Kier molecular flexibility index (Phi) is 4.81. The van der Waals surface area contributed by atoms with E-state index in [1.807, 2.05) is 18.2 Å². The van der Waals surface area contributed by atoms with Gasteiger partial charge >= 0.3 is 0 Å². The first-order valence-corrected chi connectivity index (χ1v) is 8.40. The Morgan fingerprint density at radius 1 is 1.09 bits per heavy atom. The molecule has 22 heavy (non-hydrogen) atoms. The van der Waals surface area contributed by atoms with E-state index < -0.39 is 0 Å². The maximum atomic E-state index is 5.88. The molecule has 4 heteroatoms. The van der Waals surface area contributed by atoms with Crippen LogP contribution in [0.15, 0.2) is 53.0 Å². The molecule has 2 aromatic carbocycles. The van der Waals surface area contributed by atoms with E-state index in [1.54, 1.807) is 0 Å². The minimum atomic E-state index is -0.0243. The van der Waals surface area contributed by atoms with Gasteiger partial charge in [-0.15, -0.1) is 0 Å². The molecule has 0 saturated carbocycles. The molecule has 1 saturated heterocycles. The van der Waals surface area contributed by atoms with E-state index in [9.17, 15) is 0 Å². The number of anilines is 1. The standard InChI is InChI=1S/C18H21BrN2O/c19-16-6-4-15(5-7-16)18(8-10-22-11-9-18)21-13-14-2-1-3-17(20)12-14/h1-7,12,21H,8-11,13,20H2. The molecule has 0 aromatic heterocycles. The number of hydrogen-bond donors (Lipinski definition) is 2. The van der Waals surface area contributed by atoms with Crippen molar-refractivity contribution in [2.75, 3.05) is 18.9 Å². The van der Waals surface area contributed by atoms with Crippen molar-refractivity contribution in [2.24, 2.45) is 0 Å². The first kappa shape index (κ1) is 15.5. The lowest BCUT2D eigenvalue weighted by Crippen LogP contribution is -2.46. The Labute approximate surface area is 140 Å². The van der Waals surface area contributed by atoms with E-state index in [1.165, 1.54) is 11.1 Å². The minimum Gasteiger partial charge on any atom is -0.399 e. The summed E-state index contributed by atoms with van der Waals surface area (Å²) in [7, 11) is 0. The molecule has 0 aliphatic carbocycles. The third-order valence-corrected chi connectivity index (χ3v) is 4.85. The first-order chi connectivity index (χ1) is 10.7. The van der Waals surface area contributed by atoms with Crippen LogP contribution in [-0.2, 0) is 16.8 Å². The van der Waals surface area contributed by atoms with Crippen molar-refractivity contribution < 1.29 is 4.74 Å². The van der Waals surface area contributed by atoms with Gasteiger partial charge in [-0.05, 0) is 48.2 Å². The van der Waals surface area contributed by atoms with Gasteiger partial charge in [-0.3, -0.25) is 0 Å². The SMILES string of the molecule is Nc1cccc(CNC2(c3ccc(Br)cc3)CCOCC2)c1. The maximum Gasteiger partial charge on any atom is 0.0486 e. The highest BCUT2D eigenvalue weighted by molar-refractivity contribution is 9.10. The normalized spacial score (nSPS) is 17.3. The lowest BCUT2D eigenvalue weighted by atomic mass is 9.82. The van der Waals surface area contributed by atoms with Crippen LogP contribution in [0.5, 0.6) is 0 Å². The number of ether oxygens (including phenoxy) is 1. The number of rotatable bonds is 4. The molecule has 1 fully saturated rings. The van der Waals surface area contributed by atoms with E-state index in [4.69, 9.17) is 10.5 Å². The monoisotopic (exact) mass is 360 g/mol. The van der Waals surface area contributed by atoms with E-state index in [2.05, 4.69) is 51.6 Å². The predicted molar refractivity (Wildman–Crippen MR) is 93.6 cm³/mol. The Hall–Kier alpha value is -1.36. The lowest BCUT2D eigenvalue weighted by Gasteiger charge is -2.39. The molecule has 0 spiro atoms. The van der Waals surface area contributed by atoms with Gasteiger partial charge in [0, 0.05) is 35.5 Å². The zero-order valence-electron chi connectivity index (χ0n) is 12.5. The maximum absolute atomic E-state index is 5.88. The van der Waals surface area contributed by atoms with E-state index >= 15 is 0 Å². The molecule has 3 N–H and O–H groups in total. The summed E-state index contributed by atoms with van der Waals surface area (Å²) in [5, 5.41) is 3.76. The Morgan fingerprint density at radius 3 is 2.50 bits per heavy atom. The molecule has 1 aliphatic rings. The van der Waals surface area contributed by atoms with Crippen LogP contribution in [0.1, 0.15) is 24.0 Å². The second-order valence-electron chi connectivity index (χ2n) is 5.80. The second kappa shape index (κ2) is 6.82. The zero-order chi connectivity index (χ0) is 15.4. The predicted octanol–water partition coefficient (Wildman–Crippen LogP) is 3.83. The Bertz CT molecular complexity index is 621. The summed E-state index contributed by atoms with van der Waals surface area (Å²) in [6.45, 7) is 2.39. The number of halogens is 1. The second-order valence-corrected chi connectivity index (χ2v) is 6.72. The molecule has 0 atom stereocenters. The average Bonchev–Trinajstić information content (AvgIpc) is 2.55. The van der Waals surface area contributed by atoms with Gasteiger partial charge in [-0.2, -0.15) is 0 Å². The van der Waals surface area contributed by atoms with Crippen LogP contribution in [0.4, 0.5) is 5.69 Å². The van der Waals surface area contributed by atoms with Gasteiger partial charge in [0.05, 0.1) is 0 Å². The number of hydrogen-bond acceptors (Lipinski definition) is 3. The molecule has 116 valence electrons. The fourth-order valence-corrected chi connectivity index (χ4v) is 3.29. The van der Waals surface area contributed by atoms with Gasteiger partial charge in [-0.1, -0.05) is 40.2 Å². The van der Waals surface area contributed by atoms with Crippen LogP contribution < -0.4 is 11.1 Å². The topological polar surface area (TPSA) is 47.3 Å². The number of nitrogen functional groups attached to an aromatic ring is 1. The van der Waals surface area contributed by atoms with Crippen molar-refractivity contribution in [3.8, 4) is 0 Å². The summed E-state index contributed by atoms with van der Waals surface area (Å²) in [6, 6.07) is 16.7. The molecule has 0 amide bonds. The fourth-order valence-electron chi connectivity index (χ4n) is 3.03. The largest absolute Gasteiger partial charge is 0.399 e. The zero-order valence-corrected chi connectivity index (χ0v) is 14.1. The van der Waals surface area contributed by atoms with E-state index in [-0.39, 0.29) is 5.54 Å². The van der Waals surface area contributed by atoms with Gasteiger partial charge in [-0.25, -0.2) is 0 Å². The molecule has 3 nitrogen and oxygen atoms in total. The quantitative estimate of drug-likeness (QED) is 0.814. The van der Waals surface area contributed by atoms with E-state index in [0.717, 1.165) is 42.8 Å². The van der Waals surface area contributed by atoms with Crippen LogP contribution in [0.3, 0.4) is 0 Å². The average molecular weight is 361 g/mol. The number of nitrogens with two attached hydrogens (primary N) is 1. The van der Waals surface area contributed by atoms with Crippen molar-refractivity contribution in [1.82, 2.24) is 5.32 Å². The highest BCUT2D eigenvalue weighted by atomic mass is 79.9. The summed E-state index contributed by atoms with van der Waals surface area (Å²) in [5.41, 5.74) is 9.19. The van der Waals surface area contributed by atoms with Crippen LogP contribution >= 0.6 is 15.9 Å². The smallest absolute Gasteiger partial charge is 0.0486 e. The Balaban J connectivity index is 1.81. The van der Waals surface area contributed by atoms with Crippen molar-refractivity contribution in [2.45, 2.75) is 24.9 Å². The van der Waals surface area contributed by atoms with Gasteiger partial charge < -0.3 is 15.8 Å². The van der Waals surface area contributed by atoms with Gasteiger partial charge in [0.2, 0.25) is 0 Å². The number of nitrogens with one attached hydrogen (secondary N) is 1. The van der Waals surface area contributed by atoms with Crippen LogP contribution in [0, 0.1) is 0 Å². The highest BCUT2D eigenvalue weighted by Crippen LogP contribution is 2.33. The summed E-state index contributed by atoms with van der Waals surface area (Å²) >= 11 is 3.51. The molecule has 0 radical (unpaired) electrons. The van der Waals surface area contributed by atoms with Crippen LogP contribution in [0.25, 0.3) is 0 Å². The number of benzene rings is 2. The van der Waals surface area contributed by atoms with Gasteiger partial charge in [0.25, 0.3) is 0 Å². The van der Waals surface area contributed by atoms with Crippen molar-refractivity contribution in [1.29, 1.82) is 0 Å². The van der Waals surface area contributed by atoms with Crippen molar-refractivity contribution in [3.05, 3.63) is 64.1 Å². The summed E-state index contributed by atoms with van der Waals surface area (Å²) < 4.78 is 6.68. The van der Waals surface area contributed by atoms with Crippen molar-refractivity contribution >= 4 is 21.6 Å². The molecule has 3 rings (SSSR count). The van der Waals surface area contributed by atoms with E-state index in [0.29, 0.717) is 0 Å². The molecule has 2 aromatic rings. The molecule has 0 unspecified atom stereocenters. The first-order valence-electron chi connectivity index (χ1n) is 7.61. The van der Waals surface area contributed by atoms with Gasteiger partial charge in [0.1, 0.15) is 0 Å². The molecule has 0 bridgehead atoms. The summed E-state index contributed by atoms with van der Waals surface area (Å²) in [5.74, 6) is 0. The van der Waals surface area contributed by atoms with Crippen LogP contribution in [0.2, 0.25) is 0 Å². The molecular weight excluding hydrogens is 340 g/mol. The Morgan fingerprint density at radius 2 is 1.82 bits per heavy atom. The fraction of sp³-hybridized carbons (Fsp3) is 0.333. The summed E-state index contributed by atoms with van der Waals surface area (Å²) in [6.07, 6.45) is 1.97. The molecule has 1 heterocycles. The summed E-state index contributed by atoms with van der Waals surface area (Å²) in [4.78, 5) is 0. The third-order valence-electron chi connectivity index (χ3n) is 4.33. The minimum absolute atomic E-state index is 0.0243. The molecular formula is C18H21BrN2O.